The summed E-state index contributed by atoms with van der Waals surface area (Å²) >= 11 is 0. The van der Waals surface area contributed by atoms with Crippen molar-refractivity contribution in [2.24, 2.45) is 17.8 Å². The molecule has 0 bridgehead atoms. The standard InChI is InChI=1S/C28H28F2N4O5/c1-13(2)23(25(36)22-14(3)26(37)34-28(22)39)33-21(35)12-19(15-7-5-4-6-8-15)32-27(38)20-10-16-9-17(29)11-18(30)24(16)31-20/h4-11,13-14,19,22-23,31H,12H2,1-3H3,(H,32,38)(H,33,35)(H,34,37,39)/t14-,19-,22+,23-/m0/s1. The van der Waals surface area contributed by atoms with Crippen LogP contribution >= 0.6 is 0 Å². The lowest BCUT2D eigenvalue weighted by Gasteiger charge is -2.26. The van der Waals surface area contributed by atoms with Gasteiger partial charge in [-0.1, -0.05) is 51.1 Å². The van der Waals surface area contributed by atoms with Gasteiger partial charge in [0.25, 0.3) is 5.91 Å². The zero-order valence-electron chi connectivity index (χ0n) is 21.5. The van der Waals surface area contributed by atoms with Gasteiger partial charge in [-0.25, -0.2) is 8.78 Å². The lowest BCUT2D eigenvalue weighted by molar-refractivity contribution is -0.137. The Balaban J connectivity index is 1.53. The quantitative estimate of drug-likeness (QED) is 0.245. The van der Waals surface area contributed by atoms with Crippen LogP contribution in [0, 0.1) is 29.4 Å². The first kappa shape index (κ1) is 27.6. The highest BCUT2D eigenvalue weighted by Gasteiger charge is 2.46. The third-order valence-electron chi connectivity index (χ3n) is 6.83. The topological polar surface area (TPSA) is 137 Å². The van der Waals surface area contributed by atoms with E-state index in [4.69, 9.17) is 0 Å². The van der Waals surface area contributed by atoms with Crippen LogP contribution in [0.5, 0.6) is 0 Å². The fourth-order valence-electron chi connectivity index (χ4n) is 4.71. The Kier molecular flexibility index (Phi) is 7.89. The van der Waals surface area contributed by atoms with Crippen LogP contribution in [0.4, 0.5) is 8.78 Å². The molecule has 9 nitrogen and oxygen atoms in total. The van der Waals surface area contributed by atoms with Gasteiger partial charge in [-0.15, -0.1) is 0 Å². The van der Waals surface area contributed by atoms with E-state index in [-0.39, 0.29) is 28.9 Å². The predicted octanol–water partition coefficient (Wildman–Crippen LogP) is 2.93. The average Bonchev–Trinajstić information content (AvgIpc) is 3.42. The van der Waals surface area contributed by atoms with Gasteiger partial charge in [-0.3, -0.25) is 29.3 Å². The van der Waals surface area contributed by atoms with Gasteiger partial charge in [-0.2, -0.15) is 0 Å². The lowest BCUT2D eigenvalue weighted by Crippen LogP contribution is -2.49. The van der Waals surface area contributed by atoms with Gasteiger partial charge in [0.15, 0.2) is 5.78 Å². The Hall–Kier alpha value is -4.41. The van der Waals surface area contributed by atoms with E-state index >= 15 is 0 Å². The Morgan fingerprint density at radius 3 is 2.28 bits per heavy atom. The van der Waals surface area contributed by atoms with Crippen molar-refractivity contribution in [3.63, 3.8) is 0 Å². The van der Waals surface area contributed by atoms with Crippen molar-refractivity contribution in [3.05, 3.63) is 71.4 Å². The number of imide groups is 1. The molecule has 204 valence electrons. The number of Topliss-reactive ketones (excluding diaryl/α,β-unsaturated/α-hetero) is 1. The minimum atomic E-state index is -1.21. The predicted molar refractivity (Wildman–Crippen MR) is 137 cm³/mol. The number of amides is 4. The number of rotatable bonds is 9. The van der Waals surface area contributed by atoms with Crippen molar-refractivity contribution in [2.75, 3.05) is 0 Å². The summed E-state index contributed by atoms with van der Waals surface area (Å²) < 4.78 is 27.7. The fourth-order valence-corrected chi connectivity index (χ4v) is 4.71. The van der Waals surface area contributed by atoms with Crippen molar-refractivity contribution in [1.82, 2.24) is 20.9 Å². The first-order valence-corrected chi connectivity index (χ1v) is 12.5. The number of hydrogen-bond acceptors (Lipinski definition) is 5. The third kappa shape index (κ3) is 5.87. The van der Waals surface area contributed by atoms with Gasteiger partial charge in [-0.05, 0) is 23.6 Å². The molecule has 0 spiro atoms. The van der Waals surface area contributed by atoms with Crippen molar-refractivity contribution in [3.8, 4) is 0 Å². The highest BCUT2D eigenvalue weighted by atomic mass is 19.1. The van der Waals surface area contributed by atoms with E-state index in [1.165, 1.54) is 13.0 Å². The second kappa shape index (κ2) is 11.1. The van der Waals surface area contributed by atoms with E-state index in [0.717, 1.165) is 6.07 Å². The second-order valence-corrected chi connectivity index (χ2v) is 9.99. The van der Waals surface area contributed by atoms with E-state index in [2.05, 4.69) is 20.9 Å². The smallest absolute Gasteiger partial charge is 0.268 e. The van der Waals surface area contributed by atoms with Gasteiger partial charge in [0, 0.05) is 11.5 Å². The number of aromatic amines is 1. The van der Waals surface area contributed by atoms with Gasteiger partial charge in [0.05, 0.1) is 29.9 Å². The molecule has 1 fully saturated rings. The van der Waals surface area contributed by atoms with Crippen molar-refractivity contribution in [1.29, 1.82) is 0 Å². The maximum Gasteiger partial charge on any atom is 0.268 e. The van der Waals surface area contributed by atoms with Crippen LogP contribution in [0.25, 0.3) is 10.9 Å². The molecule has 4 amide bonds. The summed E-state index contributed by atoms with van der Waals surface area (Å²) in [6, 6.07) is 9.85. The molecule has 3 aromatic rings. The number of carbonyl (C=O) groups excluding carboxylic acids is 5. The summed E-state index contributed by atoms with van der Waals surface area (Å²) in [7, 11) is 0. The number of carbonyl (C=O) groups is 5. The monoisotopic (exact) mass is 538 g/mol. The van der Waals surface area contributed by atoms with Crippen molar-refractivity contribution in [2.45, 2.75) is 39.3 Å². The molecule has 1 aliphatic heterocycles. The highest BCUT2D eigenvalue weighted by Crippen LogP contribution is 2.25. The average molecular weight is 539 g/mol. The van der Waals surface area contributed by atoms with E-state index in [9.17, 15) is 32.8 Å². The summed E-state index contributed by atoms with van der Waals surface area (Å²) in [6.45, 7) is 4.89. The Morgan fingerprint density at radius 2 is 1.67 bits per heavy atom. The molecule has 4 N–H and O–H groups in total. The summed E-state index contributed by atoms with van der Waals surface area (Å²) in [5, 5.41) is 7.73. The van der Waals surface area contributed by atoms with Gasteiger partial charge >= 0.3 is 0 Å². The maximum absolute atomic E-state index is 14.1. The molecule has 2 aromatic carbocycles. The zero-order valence-corrected chi connectivity index (χ0v) is 21.5. The van der Waals surface area contributed by atoms with Crippen LogP contribution in [-0.2, 0) is 19.2 Å². The Bertz CT molecular complexity index is 1450. The zero-order chi connectivity index (χ0) is 28.4. The van der Waals surface area contributed by atoms with Gasteiger partial charge < -0.3 is 15.6 Å². The molecule has 1 aromatic heterocycles. The summed E-state index contributed by atoms with van der Waals surface area (Å²) in [6.07, 6.45) is -0.263. The van der Waals surface area contributed by atoms with E-state index in [1.807, 2.05) is 0 Å². The van der Waals surface area contributed by atoms with Crippen LogP contribution in [-0.4, -0.2) is 40.4 Å². The first-order valence-electron chi connectivity index (χ1n) is 12.5. The molecule has 0 unspecified atom stereocenters. The minimum Gasteiger partial charge on any atom is -0.348 e. The SMILES string of the molecule is CC(C)[C@H](NC(=O)C[C@H](NC(=O)c1cc2cc(F)cc(F)c2[nH]1)c1ccccc1)C(=O)[C@@H]1C(=O)NC(=O)[C@H]1C. The van der Waals surface area contributed by atoms with Crippen LogP contribution in [0.15, 0.2) is 48.5 Å². The number of fused-ring (bicyclic) bond motifs is 1. The molecule has 2 heterocycles. The number of benzene rings is 2. The van der Waals surface area contributed by atoms with E-state index in [1.54, 1.807) is 44.2 Å². The minimum absolute atomic E-state index is 0.0301. The Morgan fingerprint density at radius 1 is 0.974 bits per heavy atom. The van der Waals surface area contributed by atoms with Crippen LogP contribution < -0.4 is 16.0 Å². The van der Waals surface area contributed by atoms with Crippen LogP contribution in [0.2, 0.25) is 0 Å². The van der Waals surface area contributed by atoms with Crippen LogP contribution in [0.3, 0.4) is 0 Å². The van der Waals surface area contributed by atoms with Gasteiger partial charge in [0.2, 0.25) is 17.7 Å². The lowest BCUT2D eigenvalue weighted by atomic mass is 9.85. The number of H-pyrrole nitrogens is 1. The summed E-state index contributed by atoms with van der Waals surface area (Å²) in [5.41, 5.74) is 0.533. The molecule has 0 saturated carbocycles. The number of hydrogen-bond donors (Lipinski definition) is 4. The van der Waals surface area contributed by atoms with E-state index in [0.29, 0.717) is 11.6 Å². The molecule has 0 aliphatic carbocycles. The normalized spacial score (nSPS) is 18.6. The molecular formula is C28H28F2N4O5. The first-order chi connectivity index (χ1) is 18.5. The maximum atomic E-state index is 14.1. The van der Waals surface area contributed by atoms with Crippen LogP contribution in [0.1, 0.15) is 49.3 Å². The second-order valence-electron chi connectivity index (χ2n) is 9.99. The van der Waals surface area contributed by atoms with Gasteiger partial charge in [0.1, 0.15) is 23.2 Å². The number of halogens is 2. The molecule has 0 radical (unpaired) electrons. The van der Waals surface area contributed by atoms with Crippen molar-refractivity contribution < 1.29 is 32.8 Å². The molecule has 11 heteroatoms. The molecule has 39 heavy (non-hydrogen) atoms. The largest absolute Gasteiger partial charge is 0.348 e. The molecule has 1 saturated heterocycles. The number of nitrogens with one attached hydrogen (secondary N) is 4. The highest BCUT2D eigenvalue weighted by molar-refractivity contribution is 6.16. The number of ketones is 1. The molecule has 1 aliphatic rings. The molecular weight excluding hydrogens is 510 g/mol. The summed E-state index contributed by atoms with van der Waals surface area (Å²) in [5.74, 6) is -7.11. The molecule has 4 rings (SSSR count). The van der Waals surface area contributed by atoms with Crippen molar-refractivity contribution >= 4 is 40.3 Å². The summed E-state index contributed by atoms with van der Waals surface area (Å²) in [4.78, 5) is 66.1. The number of aromatic nitrogens is 1. The molecule has 4 atom stereocenters. The Labute approximate surface area is 222 Å². The van der Waals surface area contributed by atoms with E-state index < -0.39 is 65.0 Å². The third-order valence-corrected chi connectivity index (χ3v) is 6.83. The fraction of sp³-hybridized carbons (Fsp3) is 0.321.